The van der Waals surface area contributed by atoms with E-state index >= 15 is 0 Å². The zero-order valence-corrected chi connectivity index (χ0v) is 11.4. The molecule has 1 saturated heterocycles. The third kappa shape index (κ3) is 3.87. The maximum Gasteiger partial charge on any atom is 0.317 e. The van der Waals surface area contributed by atoms with Gasteiger partial charge < -0.3 is 10.2 Å². The topological polar surface area (TPSA) is 56.1 Å². The zero-order valence-electron chi connectivity index (χ0n) is 10.6. The number of carbonyl (C=O) groups excluding carboxylic acids is 1. The molecule has 1 aromatic rings. The van der Waals surface area contributed by atoms with Crippen LogP contribution in [0.3, 0.4) is 0 Å². The number of halogens is 1. The second-order valence-electron chi connectivity index (χ2n) is 4.68. The summed E-state index contributed by atoms with van der Waals surface area (Å²) in [6.07, 6.45) is 1.53. The van der Waals surface area contributed by atoms with Crippen molar-refractivity contribution in [2.45, 2.75) is 19.4 Å². The summed E-state index contributed by atoms with van der Waals surface area (Å²) in [4.78, 5) is 13.7. The van der Waals surface area contributed by atoms with Gasteiger partial charge in [0.1, 0.15) is 0 Å². The first-order valence-corrected chi connectivity index (χ1v) is 6.73. The maximum atomic E-state index is 12.0. The van der Waals surface area contributed by atoms with Gasteiger partial charge in [-0.3, -0.25) is 0 Å². The number of rotatable bonds is 2. The van der Waals surface area contributed by atoms with Crippen molar-refractivity contribution in [2.24, 2.45) is 5.92 Å². The zero-order chi connectivity index (χ0) is 13.7. The molecule has 0 aromatic heterocycles. The molecule has 100 valence electrons. The highest BCUT2D eigenvalue weighted by Gasteiger charge is 2.22. The minimum Gasteiger partial charge on any atom is -0.334 e. The molecule has 1 fully saturated rings. The number of nitriles is 1. The largest absolute Gasteiger partial charge is 0.334 e. The summed E-state index contributed by atoms with van der Waals surface area (Å²) in [5, 5.41) is 12.4. The van der Waals surface area contributed by atoms with Crippen LogP contribution in [0.4, 0.5) is 4.79 Å². The SMILES string of the molecule is N#CC1CCN(C(=O)NCc2cccc(Cl)c2)CC1. The van der Waals surface area contributed by atoms with Crippen molar-refractivity contribution in [1.82, 2.24) is 10.2 Å². The summed E-state index contributed by atoms with van der Waals surface area (Å²) < 4.78 is 0. The number of urea groups is 1. The number of hydrogen-bond donors (Lipinski definition) is 1. The second-order valence-corrected chi connectivity index (χ2v) is 5.12. The highest BCUT2D eigenvalue weighted by atomic mass is 35.5. The van der Waals surface area contributed by atoms with Crippen LogP contribution in [0, 0.1) is 17.2 Å². The van der Waals surface area contributed by atoms with Crippen LogP contribution in [-0.4, -0.2) is 24.0 Å². The normalized spacial score (nSPS) is 15.9. The Hall–Kier alpha value is -1.73. The Morgan fingerprint density at radius 3 is 2.84 bits per heavy atom. The van der Waals surface area contributed by atoms with E-state index in [9.17, 15) is 4.79 Å². The Kier molecular flexibility index (Phi) is 4.64. The molecule has 0 radical (unpaired) electrons. The van der Waals surface area contributed by atoms with Gasteiger partial charge in [-0.15, -0.1) is 0 Å². The molecule has 1 heterocycles. The van der Waals surface area contributed by atoms with Gasteiger partial charge in [0.25, 0.3) is 0 Å². The van der Waals surface area contributed by atoms with E-state index in [0.29, 0.717) is 24.7 Å². The molecule has 0 unspecified atom stereocenters. The molecular formula is C14H16ClN3O. The molecule has 2 rings (SSSR count). The number of hydrogen-bond acceptors (Lipinski definition) is 2. The smallest absolute Gasteiger partial charge is 0.317 e. The Bertz CT molecular complexity index is 490. The van der Waals surface area contributed by atoms with Gasteiger partial charge in [0, 0.05) is 30.6 Å². The summed E-state index contributed by atoms with van der Waals surface area (Å²) in [5.41, 5.74) is 0.979. The van der Waals surface area contributed by atoms with E-state index in [2.05, 4.69) is 11.4 Å². The van der Waals surface area contributed by atoms with E-state index in [1.54, 1.807) is 11.0 Å². The molecule has 1 aliphatic heterocycles. The van der Waals surface area contributed by atoms with Crippen molar-refractivity contribution in [2.75, 3.05) is 13.1 Å². The lowest BCUT2D eigenvalue weighted by Gasteiger charge is -2.29. The quantitative estimate of drug-likeness (QED) is 0.904. The summed E-state index contributed by atoms with van der Waals surface area (Å²) in [6, 6.07) is 9.61. The van der Waals surface area contributed by atoms with Crippen LogP contribution in [0.1, 0.15) is 18.4 Å². The van der Waals surface area contributed by atoms with Gasteiger partial charge in [-0.05, 0) is 30.5 Å². The molecule has 0 aliphatic carbocycles. The van der Waals surface area contributed by atoms with Gasteiger partial charge in [-0.2, -0.15) is 5.26 Å². The first kappa shape index (κ1) is 13.7. The van der Waals surface area contributed by atoms with Gasteiger partial charge in [0.2, 0.25) is 0 Å². The fraction of sp³-hybridized carbons (Fsp3) is 0.429. The Morgan fingerprint density at radius 2 is 2.21 bits per heavy atom. The van der Waals surface area contributed by atoms with Gasteiger partial charge >= 0.3 is 6.03 Å². The van der Waals surface area contributed by atoms with Crippen molar-refractivity contribution in [3.63, 3.8) is 0 Å². The molecule has 0 bridgehead atoms. The van der Waals surface area contributed by atoms with E-state index in [4.69, 9.17) is 16.9 Å². The molecule has 19 heavy (non-hydrogen) atoms. The van der Waals surface area contributed by atoms with Crippen molar-refractivity contribution in [3.8, 4) is 6.07 Å². The lowest BCUT2D eigenvalue weighted by atomic mass is 9.99. The molecule has 1 aromatic carbocycles. The summed E-state index contributed by atoms with van der Waals surface area (Å²) in [7, 11) is 0. The predicted molar refractivity (Wildman–Crippen MR) is 73.6 cm³/mol. The van der Waals surface area contributed by atoms with E-state index < -0.39 is 0 Å². The second kappa shape index (κ2) is 6.44. The van der Waals surface area contributed by atoms with E-state index in [0.717, 1.165) is 18.4 Å². The number of likely N-dealkylation sites (tertiary alicyclic amines) is 1. The van der Waals surface area contributed by atoms with Crippen LogP contribution in [0.25, 0.3) is 0 Å². The first-order chi connectivity index (χ1) is 9.19. The minimum atomic E-state index is -0.0728. The van der Waals surface area contributed by atoms with Crippen molar-refractivity contribution in [1.29, 1.82) is 5.26 Å². The lowest BCUT2D eigenvalue weighted by Crippen LogP contribution is -2.44. The Balaban J connectivity index is 1.81. The Labute approximate surface area is 118 Å². The van der Waals surface area contributed by atoms with Crippen molar-refractivity contribution < 1.29 is 4.79 Å². The van der Waals surface area contributed by atoms with Gasteiger partial charge in [0.05, 0.1) is 6.07 Å². The highest BCUT2D eigenvalue weighted by molar-refractivity contribution is 6.30. The van der Waals surface area contributed by atoms with Crippen LogP contribution in [0.15, 0.2) is 24.3 Å². The van der Waals surface area contributed by atoms with E-state index in [-0.39, 0.29) is 11.9 Å². The van der Waals surface area contributed by atoms with Gasteiger partial charge in [-0.1, -0.05) is 23.7 Å². The molecule has 2 amide bonds. The molecule has 0 spiro atoms. The maximum absolute atomic E-state index is 12.0. The van der Waals surface area contributed by atoms with Crippen molar-refractivity contribution in [3.05, 3.63) is 34.9 Å². The molecule has 1 aliphatic rings. The average molecular weight is 278 g/mol. The lowest BCUT2D eigenvalue weighted by molar-refractivity contribution is 0.178. The number of benzene rings is 1. The predicted octanol–water partition coefficient (Wildman–Crippen LogP) is 2.79. The Morgan fingerprint density at radius 1 is 1.47 bits per heavy atom. The van der Waals surface area contributed by atoms with Crippen LogP contribution < -0.4 is 5.32 Å². The first-order valence-electron chi connectivity index (χ1n) is 6.36. The van der Waals surface area contributed by atoms with Crippen LogP contribution >= 0.6 is 11.6 Å². The van der Waals surface area contributed by atoms with Gasteiger partial charge in [0.15, 0.2) is 0 Å². The molecule has 0 atom stereocenters. The third-order valence-corrected chi connectivity index (χ3v) is 3.53. The molecule has 4 nitrogen and oxygen atoms in total. The minimum absolute atomic E-state index is 0.0728. The number of nitrogens with one attached hydrogen (secondary N) is 1. The third-order valence-electron chi connectivity index (χ3n) is 3.30. The van der Waals surface area contributed by atoms with Gasteiger partial charge in [-0.25, -0.2) is 4.79 Å². The molecule has 5 heteroatoms. The molecule has 0 saturated carbocycles. The summed E-state index contributed by atoms with van der Waals surface area (Å²) >= 11 is 5.89. The molecule has 1 N–H and O–H groups in total. The highest BCUT2D eigenvalue weighted by Crippen LogP contribution is 2.16. The van der Waals surface area contributed by atoms with Crippen LogP contribution in [0.2, 0.25) is 5.02 Å². The van der Waals surface area contributed by atoms with Crippen LogP contribution in [0.5, 0.6) is 0 Å². The fourth-order valence-electron chi connectivity index (χ4n) is 2.15. The number of nitrogens with zero attached hydrogens (tertiary/aromatic N) is 2. The van der Waals surface area contributed by atoms with Crippen LogP contribution in [-0.2, 0) is 6.54 Å². The molecular weight excluding hydrogens is 262 g/mol. The fourth-order valence-corrected chi connectivity index (χ4v) is 2.36. The summed E-state index contributed by atoms with van der Waals surface area (Å²) in [5.74, 6) is 0.0944. The van der Waals surface area contributed by atoms with E-state index in [1.165, 1.54) is 0 Å². The van der Waals surface area contributed by atoms with E-state index in [1.807, 2.05) is 18.2 Å². The number of piperidine rings is 1. The van der Waals surface area contributed by atoms with Crippen molar-refractivity contribution >= 4 is 17.6 Å². The monoisotopic (exact) mass is 277 g/mol. The number of amides is 2. The standard InChI is InChI=1S/C14H16ClN3O/c15-13-3-1-2-12(8-13)10-17-14(19)18-6-4-11(9-16)5-7-18/h1-3,8,11H,4-7,10H2,(H,17,19). The summed E-state index contributed by atoms with van der Waals surface area (Å²) in [6.45, 7) is 1.77. The average Bonchev–Trinajstić information content (AvgIpc) is 2.45. The number of carbonyl (C=O) groups is 1.